The van der Waals surface area contributed by atoms with Crippen molar-refractivity contribution in [2.24, 2.45) is 0 Å². The lowest BCUT2D eigenvalue weighted by molar-refractivity contribution is 0.979. The lowest BCUT2D eigenvalue weighted by Gasteiger charge is -2.11. The number of hydrogen-bond donors (Lipinski definition) is 0. The molecule has 0 unspecified atom stereocenters. The van der Waals surface area contributed by atoms with Gasteiger partial charge >= 0.3 is 0 Å². The van der Waals surface area contributed by atoms with Crippen LogP contribution in [0, 0.1) is 0 Å². The van der Waals surface area contributed by atoms with Crippen molar-refractivity contribution >= 4 is 21.9 Å². The molecule has 0 aliphatic carbocycles. The molecule has 46 heavy (non-hydrogen) atoms. The molecule has 0 saturated carbocycles. The fraction of sp³-hybridized carbons (Fsp3) is 0. The van der Waals surface area contributed by atoms with Gasteiger partial charge in [-0.05, 0) is 40.3 Å². The zero-order chi connectivity index (χ0) is 30.5. The van der Waals surface area contributed by atoms with Gasteiger partial charge in [0.1, 0.15) is 11.3 Å². The molecule has 0 bridgehead atoms. The molecule has 4 heteroatoms. The molecule has 9 rings (SSSR count). The molecular formula is C42H28N4. The van der Waals surface area contributed by atoms with Crippen LogP contribution < -0.4 is 0 Å². The maximum Gasteiger partial charge on any atom is 0.137 e. The molecule has 4 heterocycles. The molecule has 5 aromatic carbocycles. The van der Waals surface area contributed by atoms with Crippen molar-refractivity contribution in [2.45, 2.75) is 0 Å². The number of hydrogen-bond acceptors (Lipinski definition) is 2. The molecular weight excluding hydrogens is 560 g/mol. The summed E-state index contributed by atoms with van der Waals surface area (Å²) in [7, 11) is 0. The highest BCUT2D eigenvalue weighted by atomic mass is 15.2. The van der Waals surface area contributed by atoms with Gasteiger partial charge in [-0.1, -0.05) is 140 Å². The number of imidazole rings is 1. The predicted octanol–water partition coefficient (Wildman–Crippen LogP) is 10.5. The fourth-order valence-electron chi connectivity index (χ4n) is 6.51. The molecule has 0 spiro atoms. The van der Waals surface area contributed by atoms with Crippen LogP contribution in [0.15, 0.2) is 170 Å². The van der Waals surface area contributed by atoms with Gasteiger partial charge in [0.2, 0.25) is 0 Å². The third-order valence-corrected chi connectivity index (χ3v) is 8.79. The summed E-state index contributed by atoms with van der Waals surface area (Å²) in [6.07, 6.45) is 4.10. The summed E-state index contributed by atoms with van der Waals surface area (Å²) in [6, 6.07) is 55.6. The van der Waals surface area contributed by atoms with E-state index < -0.39 is 0 Å². The van der Waals surface area contributed by atoms with E-state index in [0.29, 0.717) is 0 Å². The summed E-state index contributed by atoms with van der Waals surface area (Å²) in [5.41, 5.74) is 13.0. The van der Waals surface area contributed by atoms with Crippen LogP contribution in [0.2, 0.25) is 0 Å². The van der Waals surface area contributed by atoms with Gasteiger partial charge in [0.25, 0.3) is 0 Å². The number of pyridine rings is 2. The molecule has 0 saturated heterocycles. The Labute approximate surface area is 266 Å². The van der Waals surface area contributed by atoms with E-state index in [0.717, 1.165) is 61.6 Å². The molecule has 0 N–H and O–H groups in total. The standard InChI is InChI=1S/C42H28N4/c1-3-11-32(12-4-1)38-27-35-15-7-8-16-36(35)42-40(41(44-46(38)42)34-13-5-2-6-14-34)33-24-20-30(21-25-33)29-18-22-31(23-19-29)37-28-45-26-10-9-17-39(45)43-37/h1-28H. The quantitative estimate of drug-likeness (QED) is 0.200. The first-order chi connectivity index (χ1) is 22.8. The van der Waals surface area contributed by atoms with Crippen LogP contribution in [0.25, 0.3) is 78.0 Å². The smallest absolute Gasteiger partial charge is 0.137 e. The van der Waals surface area contributed by atoms with Gasteiger partial charge in [-0.3, -0.25) is 0 Å². The summed E-state index contributed by atoms with van der Waals surface area (Å²) in [6.45, 7) is 0. The minimum absolute atomic E-state index is 0.948. The summed E-state index contributed by atoms with van der Waals surface area (Å²) in [5, 5.41) is 7.70. The molecule has 0 aliphatic rings. The molecule has 4 nitrogen and oxygen atoms in total. The van der Waals surface area contributed by atoms with E-state index in [4.69, 9.17) is 10.1 Å². The predicted molar refractivity (Wildman–Crippen MR) is 189 cm³/mol. The third kappa shape index (κ3) is 4.39. The Bertz CT molecular complexity index is 2460. The molecule has 0 amide bonds. The Hall–Kier alpha value is -6.26. The van der Waals surface area contributed by atoms with Crippen molar-refractivity contribution in [1.29, 1.82) is 0 Å². The van der Waals surface area contributed by atoms with Crippen LogP contribution in [0.4, 0.5) is 0 Å². The molecule has 9 aromatic rings. The van der Waals surface area contributed by atoms with E-state index in [1.165, 1.54) is 16.3 Å². The highest BCUT2D eigenvalue weighted by Gasteiger charge is 2.21. The molecule has 4 aromatic heterocycles. The van der Waals surface area contributed by atoms with E-state index in [-0.39, 0.29) is 0 Å². The van der Waals surface area contributed by atoms with Crippen LogP contribution in [0.1, 0.15) is 0 Å². The van der Waals surface area contributed by atoms with E-state index in [1.54, 1.807) is 0 Å². The van der Waals surface area contributed by atoms with Crippen molar-refractivity contribution in [3.63, 3.8) is 0 Å². The maximum absolute atomic E-state index is 5.33. The fourth-order valence-corrected chi connectivity index (χ4v) is 6.51. The molecule has 0 radical (unpaired) electrons. The number of rotatable bonds is 5. The Morgan fingerprint density at radius 1 is 0.478 bits per heavy atom. The number of nitrogens with zero attached hydrogens (tertiary/aromatic N) is 4. The monoisotopic (exact) mass is 588 g/mol. The van der Waals surface area contributed by atoms with E-state index in [2.05, 4.69) is 155 Å². The highest BCUT2D eigenvalue weighted by molar-refractivity contribution is 6.08. The van der Waals surface area contributed by atoms with Crippen LogP contribution in [-0.2, 0) is 0 Å². The van der Waals surface area contributed by atoms with Gasteiger partial charge < -0.3 is 4.40 Å². The van der Waals surface area contributed by atoms with Crippen molar-refractivity contribution in [3.8, 4) is 56.0 Å². The SMILES string of the molecule is c1ccc(-c2nn3c(-c4ccccc4)cc4ccccc4c3c2-c2ccc(-c3ccc(-c4cn5ccccc5n4)cc3)cc2)cc1. The molecule has 0 aliphatic heterocycles. The normalized spacial score (nSPS) is 11.5. The lowest BCUT2D eigenvalue weighted by atomic mass is 9.95. The van der Waals surface area contributed by atoms with Crippen LogP contribution in [-0.4, -0.2) is 19.0 Å². The average molecular weight is 589 g/mol. The Morgan fingerprint density at radius 2 is 1.09 bits per heavy atom. The van der Waals surface area contributed by atoms with Gasteiger partial charge in [0.15, 0.2) is 0 Å². The molecule has 0 atom stereocenters. The van der Waals surface area contributed by atoms with Gasteiger partial charge in [-0.25, -0.2) is 9.50 Å². The minimum atomic E-state index is 0.948. The average Bonchev–Trinajstić information content (AvgIpc) is 3.75. The van der Waals surface area contributed by atoms with Crippen LogP contribution in [0.5, 0.6) is 0 Å². The van der Waals surface area contributed by atoms with Crippen molar-refractivity contribution in [2.75, 3.05) is 0 Å². The first kappa shape index (κ1) is 26.2. The highest BCUT2D eigenvalue weighted by Crippen LogP contribution is 2.41. The largest absolute Gasteiger partial charge is 0.306 e. The Morgan fingerprint density at radius 3 is 1.80 bits per heavy atom. The van der Waals surface area contributed by atoms with Gasteiger partial charge in [0.05, 0.1) is 16.9 Å². The number of benzene rings is 5. The summed E-state index contributed by atoms with van der Waals surface area (Å²) >= 11 is 0. The second-order valence-electron chi connectivity index (χ2n) is 11.6. The second kappa shape index (κ2) is 10.7. The third-order valence-electron chi connectivity index (χ3n) is 8.79. The van der Waals surface area contributed by atoms with Gasteiger partial charge in [-0.2, -0.15) is 5.10 Å². The molecule has 216 valence electrons. The van der Waals surface area contributed by atoms with Crippen LogP contribution >= 0.6 is 0 Å². The summed E-state index contributed by atoms with van der Waals surface area (Å²) < 4.78 is 4.19. The second-order valence-corrected chi connectivity index (χ2v) is 11.6. The van der Waals surface area contributed by atoms with Crippen molar-refractivity contribution < 1.29 is 0 Å². The summed E-state index contributed by atoms with van der Waals surface area (Å²) in [5.74, 6) is 0. The van der Waals surface area contributed by atoms with E-state index >= 15 is 0 Å². The first-order valence-corrected chi connectivity index (χ1v) is 15.5. The van der Waals surface area contributed by atoms with Crippen molar-refractivity contribution in [3.05, 3.63) is 170 Å². The van der Waals surface area contributed by atoms with Crippen LogP contribution in [0.3, 0.4) is 0 Å². The first-order valence-electron chi connectivity index (χ1n) is 15.5. The van der Waals surface area contributed by atoms with E-state index in [9.17, 15) is 0 Å². The zero-order valence-corrected chi connectivity index (χ0v) is 25.0. The summed E-state index contributed by atoms with van der Waals surface area (Å²) in [4.78, 5) is 4.79. The van der Waals surface area contributed by atoms with Gasteiger partial charge in [-0.15, -0.1) is 0 Å². The number of fused-ring (bicyclic) bond motifs is 4. The van der Waals surface area contributed by atoms with E-state index in [1.807, 2.05) is 24.4 Å². The Balaban J connectivity index is 1.18. The molecule has 0 fully saturated rings. The van der Waals surface area contributed by atoms with Gasteiger partial charge in [0, 0.05) is 40.0 Å². The minimum Gasteiger partial charge on any atom is -0.306 e. The zero-order valence-electron chi connectivity index (χ0n) is 25.0. The lowest BCUT2D eigenvalue weighted by Crippen LogP contribution is -1.95. The maximum atomic E-state index is 5.33. The van der Waals surface area contributed by atoms with Crippen molar-refractivity contribution in [1.82, 2.24) is 19.0 Å². The number of aromatic nitrogens is 4. The topological polar surface area (TPSA) is 34.6 Å². The Kier molecular flexibility index (Phi) is 6.10.